The Kier molecular flexibility index (Phi) is 4.24. The molecule has 1 aliphatic heterocycles. The minimum absolute atomic E-state index is 0.330. The Labute approximate surface area is 176 Å². The molecule has 0 spiro atoms. The van der Waals surface area contributed by atoms with Crippen LogP contribution in [0.15, 0.2) is 52.8 Å². The third-order valence-electron chi connectivity index (χ3n) is 6.32. The van der Waals surface area contributed by atoms with Crippen LogP contribution in [0.25, 0.3) is 10.9 Å². The van der Waals surface area contributed by atoms with Gasteiger partial charge in [-0.25, -0.2) is 9.97 Å². The summed E-state index contributed by atoms with van der Waals surface area (Å²) in [5.41, 5.74) is 8.99. The first-order valence-corrected chi connectivity index (χ1v) is 11.0. The number of hydrogen-bond donors (Lipinski definition) is 1. The molecule has 5 rings (SSSR count). The van der Waals surface area contributed by atoms with E-state index in [2.05, 4.69) is 64.9 Å². The zero-order chi connectivity index (χ0) is 20.2. The van der Waals surface area contributed by atoms with Crippen molar-refractivity contribution in [3.05, 3.63) is 42.9 Å². The van der Waals surface area contributed by atoms with Crippen LogP contribution in [-0.4, -0.2) is 27.5 Å². The molecule has 1 aliphatic carbocycles. The maximum Gasteiger partial charge on any atom is 0.156 e. The van der Waals surface area contributed by atoms with Crippen LogP contribution in [0.2, 0.25) is 0 Å². The quantitative estimate of drug-likeness (QED) is 0.607. The van der Waals surface area contributed by atoms with E-state index in [9.17, 15) is 0 Å². The number of para-hydroxylation sites is 1. The lowest BCUT2D eigenvalue weighted by molar-refractivity contribution is 0.136. The monoisotopic (exact) mass is 405 g/mol. The first-order chi connectivity index (χ1) is 13.8. The van der Waals surface area contributed by atoms with E-state index in [-0.39, 0.29) is 0 Å². The number of pyridine rings is 1. The van der Waals surface area contributed by atoms with Gasteiger partial charge < -0.3 is 10.6 Å². The van der Waals surface area contributed by atoms with Gasteiger partial charge in [-0.05, 0) is 42.2 Å². The molecule has 1 saturated carbocycles. The van der Waals surface area contributed by atoms with E-state index in [1.165, 1.54) is 19.3 Å². The third-order valence-corrected chi connectivity index (χ3v) is 7.38. The molecule has 1 saturated heterocycles. The van der Waals surface area contributed by atoms with Gasteiger partial charge in [0.05, 0.1) is 5.52 Å². The molecule has 2 bridgehead atoms. The van der Waals surface area contributed by atoms with Crippen molar-refractivity contribution < 1.29 is 0 Å². The van der Waals surface area contributed by atoms with Crippen LogP contribution in [0, 0.1) is 10.8 Å². The van der Waals surface area contributed by atoms with Crippen LogP contribution in [0.5, 0.6) is 0 Å². The van der Waals surface area contributed by atoms with Crippen molar-refractivity contribution >= 4 is 34.2 Å². The Morgan fingerprint density at radius 1 is 1.07 bits per heavy atom. The van der Waals surface area contributed by atoms with Gasteiger partial charge in [-0.15, -0.1) is 0 Å². The lowest BCUT2D eigenvalue weighted by Gasteiger charge is -2.39. The smallest absolute Gasteiger partial charge is 0.156 e. The number of nitrogen functional groups attached to an aromatic ring is 1. The molecular formula is C23H27N5S. The molecule has 2 unspecified atom stereocenters. The number of benzene rings is 1. The molecule has 1 aromatic carbocycles. The summed E-state index contributed by atoms with van der Waals surface area (Å²) in [7, 11) is 0. The van der Waals surface area contributed by atoms with Crippen LogP contribution in [0.3, 0.4) is 0 Å². The molecule has 3 aromatic rings. The molecule has 0 amide bonds. The van der Waals surface area contributed by atoms with Gasteiger partial charge in [0.2, 0.25) is 0 Å². The second-order valence-electron chi connectivity index (χ2n) is 9.69. The summed E-state index contributed by atoms with van der Waals surface area (Å²) < 4.78 is 0. The zero-order valence-electron chi connectivity index (χ0n) is 17.2. The number of aromatic nitrogens is 3. The maximum atomic E-state index is 6.64. The Hall–Kier alpha value is -2.34. The normalized spacial score (nSPS) is 25.5. The summed E-state index contributed by atoms with van der Waals surface area (Å²) in [6, 6.07) is 10.7. The standard InChI is InChI=1S/C23H27N5S/c1-22(2)10-16-11-23(3,12-22)13-28(16)20-18(24)21(27-14-26-20)29-17-8-4-6-15-7-5-9-25-19(15)17/h4-9,14,16H,10-13,24H2,1-3H3. The predicted octanol–water partition coefficient (Wildman–Crippen LogP) is 5.16. The second kappa shape index (κ2) is 6.59. The van der Waals surface area contributed by atoms with Crippen molar-refractivity contribution in [2.75, 3.05) is 17.2 Å². The van der Waals surface area contributed by atoms with Gasteiger partial charge in [-0.2, -0.15) is 0 Å². The molecule has 6 heteroatoms. The summed E-state index contributed by atoms with van der Waals surface area (Å²) in [5.74, 6) is 0.891. The molecule has 2 aromatic heterocycles. The molecule has 2 atom stereocenters. The molecule has 2 fully saturated rings. The van der Waals surface area contributed by atoms with Crippen LogP contribution in [0.4, 0.5) is 11.5 Å². The molecular weight excluding hydrogens is 378 g/mol. The Balaban J connectivity index is 1.50. The number of nitrogens with zero attached hydrogens (tertiary/aromatic N) is 4. The fourth-order valence-electron chi connectivity index (χ4n) is 5.65. The Morgan fingerprint density at radius 2 is 1.90 bits per heavy atom. The predicted molar refractivity (Wildman–Crippen MR) is 119 cm³/mol. The molecule has 0 radical (unpaired) electrons. The second-order valence-corrected chi connectivity index (χ2v) is 10.7. The van der Waals surface area contributed by atoms with E-state index in [1.807, 2.05) is 12.3 Å². The first kappa shape index (κ1) is 18.7. The topological polar surface area (TPSA) is 67.9 Å². The molecule has 29 heavy (non-hydrogen) atoms. The fraction of sp³-hybridized carbons (Fsp3) is 0.435. The number of nitrogens with two attached hydrogens (primary N) is 1. The van der Waals surface area contributed by atoms with E-state index < -0.39 is 0 Å². The highest BCUT2D eigenvalue weighted by molar-refractivity contribution is 7.99. The number of rotatable bonds is 3. The van der Waals surface area contributed by atoms with E-state index >= 15 is 0 Å². The molecule has 3 heterocycles. The highest BCUT2D eigenvalue weighted by Crippen LogP contribution is 2.54. The van der Waals surface area contributed by atoms with Crippen LogP contribution in [-0.2, 0) is 0 Å². The van der Waals surface area contributed by atoms with Crippen LogP contribution in [0.1, 0.15) is 40.0 Å². The van der Waals surface area contributed by atoms with Crippen molar-refractivity contribution in [2.24, 2.45) is 10.8 Å². The number of fused-ring (bicyclic) bond motifs is 3. The van der Waals surface area contributed by atoms with Crippen LogP contribution < -0.4 is 10.6 Å². The van der Waals surface area contributed by atoms with Gasteiger partial charge in [0.1, 0.15) is 17.0 Å². The van der Waals surface area contributed by atoms with E-state index in [0.29, 0.717) is 22.6 Å². The van der Waals surface area contributed by atoms with Crippen molar-refractivity contribution in [1.29, 1.82) is 0 Å². The Bertz CT molecular complexity index is 1080. The largest absolute Gasteiger partial charge is 0.394 e. The minimum Gasteiger partial charge on any atom is -0.394 e. The average Bonchev–Trinajstić information content (AvgIpc) is 2.92. The SMILES string of the molecule is CC1(C)CC2CC(C)(CN2c2ncnc(Sc3cccc4cccnc34)c2N)C1. The summed E-state index contributed by atoms with van der Waals surface area (Å²) in [4.78, 5) is 17.2. The first-order valence-electron chi connectivity index (χ1n) is 10.2. The third kappa shape index (κ3) is 3.33. The summed E-state index contributed by atoms with van der Waals surface area (Å²) in [6.45, 7) is 8.20. The number of hydrogen-bond acceptors (Lipinski definition) is 6. The molecule has 5 nitrogen and oxygen atoms in total. The maximum absolute atomic E-state index is 6.64. The summed E-state index contributed by atoms with van der Waals surface area (Å²) in [6.07, 6.45) is 7.13. The molecule has 150 valence electrons. The molecule has 2 N–H and O–H groups in total. The lowest BCUT2D eigenvalue weighted by atomic mass is 9.65. The zero-order valence-corrected chi connectivity index (χ0v) is 18.0. The number of anilines is 2. The van der Waals surface area contributed by atoms with E-state index in [0.717, 1.165) is 33.2 Å². The van der Waals surface area contributed by atoms with E-state index in [1.54, 1.807) is 18.1 Å². The van der Waals surface area contributed by atoms with Crippen LogP contribution >= 0.6 is 11.8 Å². The van der Waals surface area contributed by atoms with E-state index in [4.69, 9.17) is 5.73 Å². The highest BCUT2D eigenvalue weighted by Gasteiger charge is 2.50. The van der Waals surface area contributed by atoms with Gasteiger partial charge in [-0.3, -0.25) is 4.98 Å². The van der Waals surface area contributed by atoms with Gasteiger partial charge in [0.15, 0.2) is 5.82 Å². The molecule has 2 aliphatic rings. The highest BCUT2D eigenvalue weighted by atomic mass is 32.2. The van der Waals surface area contributed by atoms with Crippen molar-refractivity contribution in [1.82, 2.24) is 15.0 Å². The average molecular weight is 406 g/mol. The van der Waals surface area contributed by atoms with Crippen molar-refractivity contribution in [3.63, 3.8) is 0 Å². The summed E-state index contributed by atoms with van der Waals surface area (Å²) in [5, 5.41) is 1.92. The lowest BCUT2D eigenvalue weighted by Crippen LogP contribution is -2.35. The minimum atomic E-state index is 0.330. The Morgan fingerprint density at radius 3 is 2.76 bits per heavy atom. The van der Waals surface area contributed by atoms with Gasteiger partial charge in [0.25, 0.3) is 0 Å². The van der Waals surface area contributed by atoms with Crippen molar-refractivity contribution in [2.45, 2.75) is 56.0 Å². The fourth-order valence-corrected chi connectivity index (χ4v) is 6.57. The van der Waals surface area contributed by atoms with Crippen molar-refractivity contribution in [3.8, 4) is 0 Å². The van der Waals surface area contributed by atoms with Gasteiger partial charge in [-0.1, -0.05) is 50.7 Å². The van der Waals surface area contributed by atoms with Gasteiger partial charge >= 0.3 is 0 Å². The van der Waals surface area contributed by atoms with Gasteiger partial charge in [0, 0.05) is 29.1 Å². The summed E-state index contributed by atoms with van der Waals surface area (Å²) >= 11 is 1.58.